The lowest BCUT2D eigenvalue weighted by Gasteiger charge is -2.02. The van der Waals surface area contributed by atoms with Crippen molar-refractivity contribution in [2.45, 2.75) is 41.5 Å². The third-order valence-corrected chi connectivity index (χ3v) is 12.0. The topological polar surface area (TPSA) is 57.4 Å². The van der Waals surface area contributed by atoms with Crippen molar-refractivity contribution in [2.24, 2.45) is 0 Å². The maximum Gasteiger partial charge on any atom is 0.138 e. The van der Waals surface area contributed by atoms with Crippen molar-refractivity contribution < 1.29 is 0 Å². The molecule has 0 amide bonds. The van der Waals surface area contributed by atoms with Crippen LogP contribution in [0.4, 0.5) is 0 Å². The highest BCUT2D eigenvalue weighted by molar-refractivity contribution is 7.17. The van der Waals surface area contributed by atoms with E-state index in [1.807, 2.05) is 12.1 Å². The Morgan fingerprint density at radius 1 is 0.523 bits per heavy atom. The second-order valence-electron chi connectivity index (χ2n) is 10.9. The molecule has 0 saturated carbocycles. The fourth-order valence-corrected chi connectivity index (χ4v) is 9.98. The molecular weight excluding hydrogens is 664 g/mol. The van der Waals surface area contributed by atoms with Gasteiger partial charge in [0.25, 0.3) is 0 Å². The summed E-state index contributed by atoms with van der Waals surface area (Å²) in [7, 11) is 0. The fourth-order valence-electron chi connectivity index (χ4n) is 5.73. The van der Waals surface area contributed by atoms with Gasteiger partial charge in [-0.25, -0.2) is 9.97 Å². The molecule has 0 aliphatic rings. The third-order valence-electron chi connectivity index (χ3n) is 7.72. The number of H-pyrrole nitrogens is 2. The lowest BCUT2D eigenvalue weighted by atomic mass is 10.1. The smallest absolute Gasteiger partial charge is 0.138 e. The van der Waals surface area contributed by atoms with E-state index in [4.69, 9.17) is 33.2 Å². The van der Waals surface area contributed by atoms with Crippen molar-refractivity contribution in [3.8, 4) is 67.8 Å². The number of nitrogens with zero attached hydrogens (tertiary/aromatic N) is 2. The molecule has 6 heterocycles. The Morgan fingerprint density at radius 3 is 1.27 bits per heavy atom. The lowest BCUT2D eigenvalue weighted by molar-refractivity contribution is 1.29. The number of hydrogen-bond acceptors (Lipinski definition) is 6. The van der Waals surface area contributed by atoms with Crippen LogP contribution in [0.2, 0.25) is 8.67 Å². The second kappa shape index (κ2) is 11.4. The Labute approximate surface area is 282 Å². The molecule has 4 nitrogen and oxygen atoms in total. The number of nitrogens with one attached hydrogen (secondary N) is 2. The van der Waals surface area contributed by atoms with E-state index >= 15 is 0 Å². The number of hydrogen-bond donors (Lipinski definition) is 2. The van der Waals surface area contributed by atoms with Gasteiger partial charge in [0.2, 0.25) is 0 Å². The van der Waals surface area contributed by atoms with Gasteiger partial charge < -0.3 is 9.97 Å². The molecule has 0 bridgehead atoms. The molecule has 0 spiro atoms. The van der Waals surface area contributed by atoms with Crippen molar-refractivity contribution in [3.63, 3.8) is 0 Å². The number of aryl methyl sites for hydroxylation is 6. The van der Waals surface area contributed by atoms with Crippen molar-refractivity contribution in [3.05, 3.63) is 86.5 Å². The number of benzene rings is 1. The first-order valence-electron chi connectivity index (χ1n) is 14.0. The van der Waals surface area contributed by atoms with Crippen LogP contribution in [0, 0.1) is 41.5 Å². The van der Waals surface area contributed by atoms with Crippen LogP contribution >= 0.6 is 68.5 Å². The molecule has 7 aromatic rings. The van der Waals surface area contributed by atoms with E-state index in [2.05, 4.69) is 87.9 Å². The van der Waals surface area contributed by atoms with Crippen molar-refractivity contribution >= 4 is 68.5 Å². The molecule has 0 fully saturated rings. The predicted octanol–water partition coefficient (Wildman–Crippen LogP) is 12.5. The monoisotopic (exact) mass is 690 g/mol. The van der Waals surface area contributed by atoms with E-state index in [0.29, 0.717) is 0 Å². The van der Waals surface area contributed by atoms with Crippen LogP contribution in [-0.4, -0.2) is 19.9 Å². The minimum Gasteiger partial charge on any atom is -0.337 e. The predicted molar refractivity (Wildman–Crippen MR) is 193 cm³/mol. The highest BCUT2D eigenvalue weighted by Crippen LogP contribution is 2.44. The summed E-state index contributed by atoms with van der Waals surface area (Å²) in [5.74, 6) is 1.61. The van der Waals surface area contributed by atoms with Gasteiger partial charge in [-0.15, -0.1) is 45.3 Å². The maximum absolute atomic E-state index is 6.45. The molecular formula is C34H28Cl2N4S4. The summed E-state index contributed by atoms with van der Waals surface area (Å²) >= 11 is 19.7. The van der Waals surface area contributed by atoms with E-state index < -0.39 is 0 Å². The minimum absolute atomic E-state index is 0.760. The summed E-state index contributed by atoms with van der Waals surface area (Å²) in [4.78, 5) is 25.1. The number of rotatable bonds is 6. The number of aromatic amines is 2. The zero-order valence-electron chi connectivity index (χ0n) is 24.9. The average Bonchev–Trinajstić information content (AvgIpc) is 3.80. The lowest BCUT2D eigenvalue weighted by Crippen LogP contribution is -1.85. The molecule has 222 valence electrons. The van der Waals surface area contributed by atoms with Crippen LogP contribution in [0.15, 0.2) is 48.5 Å². The van der Waals surface area contributed by atoms with Gasteiger partial charge in [0.05, 0.1) is 31.4 Å². The van der Waals surface area contributed by atoms with Gasteiger partial charge in [0.15, 0.2) is 0 Å². The molecule has 0 aliphatic heterocycles. The van der Waals surface area contributed by atoms with E-state index in [0.717, 1.165) is 75.1 Å². The summed E-state index contributed by atoms with van der Waals surface area (Å²) in [6, 6.07) is 16.9. The molecule has 0 radical (unpaired) electrons. The van der Waals surface area contributed by atoms with Crippen LogP contribution < -0.4 is 0 Å². The SMILES string of the molecule is Cc1cc(-c2[nH]c(-c3cccc(-c4nc(-c5cc(Cl)sc5C)c(-c5cc(C)sc5C)[nH]4)c3)nc2-c2cc(Cl)sc2C)c(C)s1. The highest BCUT2D eigenvalue weighted by Gasteiger charge is 2.23. The van der Waals surface area contributed by atoms with Gasteiger partial charge in [-0.1, -0.05) is 41.4 Å². The molecule has 0 atom stereocenters. The number of aromatic nitrogens is 4. The molecule has 0 saturated heterocycles. The second-order valence-corrected chi connectivity index (χ2v) is 17.6. The molecule has 6 aromatic heterocycles. The molecule has 0 unspecified atom stereocenters. The highest BCUT2D eigenvalue weighted by atomic mass is 35.5. The Kier molecular flexibility index (Phi) is 7.72. The normalized spacial score (nSPS) is 11.6. The molecule has 0 aliphatic carbocycles. The third kappa shape index (κ3) is 5.31. The van der Waals surface area contributed by atoms with Gasteiger partial charge in [0, 0.05) is 62.6 Å². The van der Waals surface area contributed by atoms with Gasteiger partial charge >= 0.3 is 0 Å². The maximum atomic E-state index is 6.45. The minimum atomic E-state index is 0.760. The van der Waals surface area contributed by atoms with Gasteiger partial charge in [-0.3, -0.25) is 0 Å². The van der Waals surface area contributed by atoms with Crippen LogP contribution in [0.5, 0.6) is 0 Å². The first kappa shape index (κ1) is 29.7. The van der Waals surface area contributed by atoms with E-state index in [1.165, 1.54) is 30.6 Å². The summed E-state index contributed by atoms with van der Waals surface area (Å²) in [6.07, 6.45) is 0. The summed E-state index contributed by atoms with van der Waals surface area (Å²) < 4.78 is 1.52. The number of halogens is 2. The molecule has 10 heteroatoms. The first-order valence-corrected chi connectivity index (χ1v) is 18.1. The van der Waals surface area contributed by atoms with Crippen molar-refractivity contribution in [2.75, 3.05) is 0 Å². The Morgan fingerprint density at radius 2 is 0.932 bits per heavy atom. The summed E-state index contributed by atoms with van der Waals surface area (Å²) in [5, 5.41) is 0. The first-order chi connectivity index (χ1) is 21.0. The van der Waals surface area contributed by atoms with Crippen LogP contribution in [0.1, 0.15) is 29.3 Å². The van der Waals surface area contributed by atoms with Crippen molar-refractivity contribution in [1.82, 2.24) is 19.9 Å². The largest absolute Gasteiger partial charge is 0.337 e. The summed E-state index contributed by atoms with van der Waals surface area (Å²) in [5.41, 5.74) is 10.3. The fraction of sp³-hybridized carbons (Fsp3) is 0.176. The standard InChI is InChI=1S/C34H28Cl2N4S4/c1-15-10-23(17(3)41-15)29-31(25-13-27(35)43-19(25)5)39-33(37-29)21-8-7-9-22(12-21)34-38-30(24-11-16(2)42-18(24)4)32(40-34)26-14-28(36)44-20(26)6/h7-14H,1-6H3,(H,37,39)(H,38,40). The van der Waals surface area contributed by atoms with Gasteiger partial charge in [-0.2, -0.15) is 0 Å². The zero-order valence-corrected chi connectivity index (χ0v) is 29.7. The summed E-state index contributed by atoms with van der Waals surface area (Å²) in [6.45, 7) is 12.8. The van der Waals surface area contributed by atoms with Gasteiger partial charge in [-0.05, 0) is 71.9 Å². The van der Waals surface area contributed by atoms with Crippen LogP contribution in [-0.2, 0) is 0 Å². The van der Waals surface area contributed by atoms with Crippen LogP contribution in [0.25, 0.3) is 67.8 Å². The zero-order chi connectivity index (χ0) is 30.9. The molecule has 7 rings (SSSR count). The molecule has 44 heavy (non-hydrogen) atoms. The van der Waals surface area contributed by atoms with E-state index in [-0.39, 0.29) is 0 Å². The Balaban J connectivity index is 1.37. The quantitative estimate of drug-likeness (QED) is 0.182. The van der Waals surface area contributed by atoms with Crippen molar-refractivity contribution in [1.29, 1.82) is 0 Å². The number of imidazole rings is 2. The van der Waals surface area contributed by atoms with E-state index in [1.54, 1.807) is 45.3 Å². The van der Waals surface area contributed by atoms with E-state index in [9.17, 15) is 0 Å². The number of thiophene rings is 4. The Bertz CT molecular complexity index is 1910. The average molecular weight is 692 g/mol. The molecule has 2 N–H and O–H groups in total. The van der Waals surface area contributed by atoms with Gasteiger partial charge in [0.1, 0.15) is 11.6 Å². The Hall–Kier alpha value is -2.98. The van der Waals surface area contributed by atoms with Crippen LogP contribution in [0.3, 0.4) is 0 Å². The molecule has 1 aromatic carbocycles.